The lowest BCUT2D eigenvalue weighted by Gasteiger charge is -2.24. The summed E-state index contributed by atoms with van der Waals surface area (Å²) in [6.07, 6.45) is 3.45. The molecule has 4 heteroatoms. The highest BCUT2D eigenvalue weighted by Crippen LogP contribution is 2.14. The monoisotopic (exact) mass is 269 g/mol. The molecule has 0 spiro atoms. The number of hydrogen-bond donors (Lipinski definition) is 1. The van der Waals surface area contributed by atoms with Crippen molar-refractivity contribution in [3.05, 3.63) is 66.0 Å². The maximum Gasteiger partial charge on any atom is 0.244 e. The number of likely N-dealkylation sites (N-methyl/N-ethyl adjacent to an activating group) is 1. The first kappa shape index (κ1) is 14.2. The van der Waals surface area contributed by atoms with E-state index in [4.69, 9.17) is 5.73 Å². The van der Waals surface area contributed by atoms with E-state index >= 15 is 0 Å². The van der Waals surface area contributed by atoms with Gasteiger partial charge in [-0.1, -0.05) is 30.3 Å². The molecule has 4 nitrogen and oxygen atoms in total. The average molecular weight is 269 g/mol. The molecule has 1 heterocycles. The number of benzene rings is 1. The molecule has 0 fully saturated rings. The van der Waals surface area contributed by atoms with Gasteiger partial charge in [0.05, 0.1) is 0 Å². The standard InChI is InChI=1S/C16H19N3O/c1-2-19(12-13-8-10-18-11-9-13)16(20)15(17)14-6-4-3-5-7-14/h3-11,15H,2,12,17H2,1H3/t15-/m0/s1. The van der Waals surface area contributed by atoms with Gasteiger partial charge in [0, 0.05) is 25.5 Å². The third kappa shape index (κ3) is 3.42. The summed E-state index contributed by atoms with van der Waals surface area (Å²) in [7, 11) is 0. The second-order valence-electron chi connectivity index (χ2n) is 4.60. The Labute approximate surface area is 119 Å². The highest BCUT2D eigenvalue weighted by Gasteiger charge is 2.21. The zero-order chi connectivity index (χ0) is 14.4. The van der Waals surface area contributed by atoms with Crippen molar-refractivity contribution in [1.29, 1.82) is 0 Å². The van der Waals surface area contributed by atoms with Crippen molar-refractivity contribution < 1.29 is 4.79 Å². The highest BCUT2D eigenvalue weighted by atomic mass is 16.2. The van der Waals surface area contributed by atoms with E-state index in [0.29, 0.717) is 13.1 Å². The Morgan fingerprint density at radius 1 is 1.20 bits per heavy atom. The maximum absolute atomic E-state index is 12.5. The first-order valence-electron chi connectivity index (χ1n) is 6.70. The van der Waals surface area contributed by atoms with E-state index in [1.54, 1.807) is 17.3 Å². The minimum Gasteiger partial charge on any atom is -0.337 e. The molecule has 104 valence electrons. The highest BCUT2D eigenvalue weighted by molar-refractivity contribution is 5.83. The van der Waals surface area contributed by atoms with Crippen molar-refractivity contribution in [2.75, 3.05) is 6.54 Å². The zero-order valence-electron chi connectivity index (χ0n) is 11.6. The molecule has 2 rings (SSSR count). The van der Waals surface area contributed by atoms with E-state index in [1.807, 2.05) is 49.4 Å². The van der Waals surface area contributed by atoms with Gasteiger partial charge >= 0.3 is 0 Å². The second-order valence-corrected chi connectivity index (χ2v) is 4.60. The number of carbonyl (C=O) groups excluding carboxylic acids is 1. The number of rotatable bonds is 5. The van der Waals surface area contributed by atoms with Crippen LogP contribution in [0.5, 0.6) is 0 Å². The molecule has 0 aliphatic rings. The van der Waals surface area contributed by atoms with Crippen molar-refractivity contribution in [1.82, 2.24) is 9.88 Å². The summed E-state index contributed by atoms with van der Waals surface area (Å²) in [4.78, 5) is 18.2. The van der Waals surface area contributed by atoms with Crippen LogP contribution in [0.15, 0.2) is 54.9 Å². The Morgan fingerprint density at radius 3 is 2.45 bits per heavy atom. The van der Waals surface area contributed by atoms with Gasteiger partial charge in [0.2, 0.25) is 5.91 Å². The van der Waals surface area contributed by atoms with Crippen LogP contribution in [0.2, 0.25) is 0 Å². The molecule has 0 aliphatic carbocycles. The molecule has 1 aromatic heterocycles. The lowest BCUT2D eigenvalue weighted by molar-refractivity contribution is -0.133. The molecular weight excluding hydrogens is 250 g/mol. The molecule has 0 saturated carbocycles. The smallest absolute Gasteiger partial charge is 0.244 e. The average Bonchev–Trinajstić information content (AvgIpc) is 2.53. The van der Waals surface area contributed by atoms with Crippen LogP contribution in [0.1, 0.15) is 24.1 Å². The molecule has 20 heavy (non-hydrogen) atoms. The van der Waals surface area contributed by atoms with Crippen LogP contribution < -0.4 is 5.73 Å². The molecule has 2 aromatic rings. The van der Waals surface area contributed by atoms with Gasteiger partial charge in [-0.3, -0.25) is 9.78 Å². The molecule has 1 atom stereocenters. The summed E-state index contributed by atoms with van der Waals surface area (Å²) in [5, 5.41) is 0. The Kier molecular flexibility index (Phi) is 4.85. The van der Waals surface area contributed by atoms with Crippen LogP contribution in [0.3, 0.4) is 0 Å². The number of amides is 1. The van der Waals surface area contributed by atoms with Crippen LogP contribution in [0.4, 0.5) is 0 Å². The summed E-state index contributed by atoms with van der Waals surface area (Å²) in [6, 6.07) is 12.6. The lowest BCUT2D eigenvalue weighted by atomic mass is 10.1. The maximum atomic E-state index is 12.5. The van der Waals surface area contributed by atoms with Gasteiger partial charge in [-0.05, 0) is 30.2 Å². The van der Waals surface area contributed by atoms with Gasteiger partial charge in [-0.2, -0.15) is 0 Å². The van der Waals surface area contributed by atoms with E-state index in [0.717, 1.165) is 11.1 Å². The predicted molar refractivity (Wildman–Crippen MR) is 78.7 cm³/mol. The summed E-state index contributed by atoms with van der Waals surface area (Å²) >= 11 is 0. The Balaban J connectivity index is 2.09. The van der Waals surface area contributed by atoms with Gasteiger partial charge < -0.3 is 10.6 Å². The van der Waals surface area contributed by atoms with Gasteiger partial charge in [0.15, 0.2) is 0 Å². The van der Waals surface area contributed by atoms with Gasteiger partial charge in [-0.15, -0.1) is 0 Å². The van der Waals surface area contributed by atoms with Gasteiger partial charge in [0.1, 0.15) is 6.04 Å². The third-order valence-corrected chi connectivity index (χ3v) is 3.24. The topological polar surface area (TPSA) is 59.2 Å². The fourth-order valence-electron chi connectivity index (χ4n) is 2.05. The number of nitrogens with two attached hydrogens (primary N) is 1. The molecule has 0 aliphatic heterocycles. The normalized spacial score (nSPS) is 11.9. The summed E-state index contributed by atoms with van der Waals surface area (Å²) in [6.45, 7) is 3.14. The molecule has 0 saturated heterocycles. The second kappa shape index (κ2) is 6.82. The van der Waals surface area contributed by atoms with Crippen LogP contribution in [0.25, 0.3) is 0 Å². The van der Waals surface area contributed by atoms with Gasteiger partial charge in [-0.25, -0.2) is 0 Å². The number of hydrogen-bond acceptors (Lipinski definition) is 3. The first-order chi connectivity index (χ1) is 9.72. The fourth-order valence-corrected chi connectivity index (χ4v) is 2.05. The van der Waals surface area contributed by atoms with Crippen molar-refractivity contribution in [3.63, 3.8) is 0 Å². The first-order valence-corrected chi connectivity index (χ1v) is 6.70. The largest absolute Gasteiger partial charge is 0.337 e. The molecule has 1 amide bonds. The molecule has 2 N–H and O–H groups in total. The number of carbonyl (C=O) groups is 1. The fraction of sp³-hybridized carbons (Fsp3) is 0.250. The van der Waals surface area contributed by atoms with Crippen LogP contribution in [0, 0.1) is 0 Å². The van der Waals surface area contributed by atoms with Crippen molar-refractivity contribution in [2.45, 2.75) is 19.5 Å². The Bertz CT molecular complexity index is 542. The molecule has 0 radical (unpaired) electrons. The third-order valence-electron chi connectivity index (χ3n) is 3.24. The predicted octanol–water partition coefficient (Wildman–Crippen LogP) is 2.13. The molecule has 1 aromatic carbocycles. The van der Waals surface area contributed by atoms with Gasteiger partial charge in [0.25, 0.3) is 0 Å². The van der Waals surface area contributed by atoms with Crippen molar-refractivity contribution in [3.8, 4) is 0 Å². The van der Waals surface area contributed by atoms with Crippen molar-refractivity contribution >= 4 is 5.91 Å². The van der Waals surface area contributed by atoms with E-state index in [2.05, 4.69) is 4.98 Å². The summed E-state index contributed by atoms with van der Waals surface area (Å²) in [5.41, 5.74) is 7.96. The number of nitrogens with zero attached hydrogens (tertiary/aromatic N) is 2. The van der Waals surface area contributed by atoms with E-state index in [1.165, 1.54) is 0 Å². The molecular formula is C16H19N3O. The number of aromatic nitrogens is 1. The van der Waals surface area contributed by atoms with E-state index < -0.39 is 6.04 Å². The minimum absolute atomic E-state index is 0.0597. The zero-order valence-corrected chi connectivity index (χ0v) is 11.6. The Hall–Kier alpha value is -2.20. The summed E-state index contributed by atoms with van der Waals surface area (Å²) in [5.74, 6) is -0.0597. The molecule has 0 unspecified atom stereocenters. The Morgan fingerprint density at radius 2 is 1.85 bits per heavy atom. The lowest BCUT2D eigenvalue weighted by Crippen LogP contribution is -2.38. The van der Waals surface area contributed by atoms with Crippen LogP contribution >= 0.6 is 0 Å². The minimum atomic E-state index is -0.613. The quantitative estimate of drug-likeness (QED) is 0.904. The van der Waals surface area contributed by atoms with Crippen molar-refractivity contribution in [2.24, 2.45) is 5.73 Å². The molecule has 0 bridgehead atoms. The van der Waals surface area contributed by atoms with Crippen LogP contribution in [-0.2, 0) is 11.3 Å². The van der Waals surface area contributed by atoms with E-state index in [-0.39, 0.29) is 5.91 Å². The van der Waals surface area contributed by atoms with E-state index in [9.17, 15) is 4.79 Å². The van der Waals surface area contributed by atoms with Crippen LogP contribution in [-0.4, -0.2) is 22.3 Å². The number of pyridine rings is 1. The summed E-state index contributed by atoms with van der Waals surface area (Å²) < 4.78 is 0. The SMILES string of the molecule is CCN(Cc1ccncc1)C(=O)[C@@H](N)c1ccccc1.